The Morgan fingerprint density at radius 2 is 1.48 bits per heavy atom. The molecular formula is C25H28O6. The quantitative estimate of drug-likeness (QED) is 0.306. The molecule has 0 aliphatic heterocycles. The van der Waals surface area contributed by atoms with Crippen LogP contribution < -0.4 is 14.2 Å². The lowest BCUT2D eigenvalue weighted by Crippen LogP contribution is -2.07. The summed E-state index contributed by atoms with van der Waals surface area (Å²) in [5.74, 6) is 0.942. The Morgan fingerprint density at radius 3 is 2.10 bits per heavy atom. The topological polar surface area (TPSA) is 71.1 Å². The van der Waals surface area contributed by atoms with Gasteiger partial charge in [0, 0.05) is 23.8 Å². The van der Waals surface area contributed by atoms with E-state index in [1.54, 1.807) is 68.8 Å². The molecule has 0 spiro atoms. The molecule has 0 unspecified atom stereocenters. The SMILES string of the molecule is COc1ccc(/C=C/C(=O)OC(=O)/C=C/c2ccc(OC)cc2OCCC(C)C)cc1. The molecule has 0 saturated carbocycles. The fraction of sp³-hybridized carbons (Fsp3) is 0.280. The molecule has 0 bridgehead atoms. The van der Waals surface area contributed by atoms with E-state index in [4.69, 9.17) is 18.9 Å². The molecule has 31 heavy (non-hydrogen) atoms. The molecule has 164 valence electrons. The van der Waals surface area contributed by atoms with Gasteiger partial charge in [-0.05, 0) is 54.3 Å². The van der Waals surface area contributed by atoms with Crippen LogP contribution in [-0.4, -0.2) is 32.8 Å². The number of hydrogen-bond donors (Lipinski definition) is 0. The minimum atomic E-state index is -0.770. The molecule has 0 aliphatic rings. The summed E-state index contributed by atoms with van der Waals surface area (Å²) in [5.41, 5.74) is 1.46. The first-order valence-corrected chi connectivity index (χ1v) is 9.98. The third-order valence-electron chi connectivity index (χ3n) is 4.30. The summed E-state index contributed by atoms with van der Waals surface area (Å²) in [6.07, 6.45) is 6.39. The molecule has 0 aliphatic carbocycles. The van der Waals surface area contributed by atoms with Gasteiger partial charge in [0.05, 0.1) is 20.8 Å². The average molecular weight is 424 g/mol. The van der Waals surface area contributed by atoms with Crippen LogP contribution in [0.1, 0.15) is 31.4 Å². The maximum atomic E-state index is 12.0. The van der Waals surface area contributed by atoms with E-state index in [1.807, 2.05) is 0 Å². The van der Waals surface area contributed by atoms with E-state index < -0.39 is 11.9 Å². The number of benzene rings is 2. The summed E-state index contributed by atoms with van der Waals surface area (Å²) >= 11 is 0. The molecule has 2 rings (SSSR count). The highest BCUT2D eigenvalue weighted by Crippen LogP contribution is 2.26. The Hall–Kier alpha value is -3.54. The van der Waals surface area contributed by atoms with Crippen LogP contribution in [-0.2, 0) is 14.3 Å². The Morgan fingerprint density at radius 1 is 0.871 bits per heavy atom. The van der Waals surface area contributed by atoms with Gasteiger partial charge >= 0.3 is 11.9 Å². The van der Waals surface area contributed by atoms with Gasteiger partial charge in [-0.25, -0.2) is 9.59 Å². The van der Waals surface area contributed by atoms with Crippen molar-refractivity contribution in [1.82, 2.24) is 0 Å². The van der Waals surface area contributed by atoms with Crippen molar-refractivity contribution in [2.45, 2.75) is 20.3 Å². The molecule has 2 aromatic rings. The van der Waals surface area contributed by atoms with Crippen molar-refractivity contribution in [3.63, 3.8) is 0 Å². The van der Waals surface area contributed by atoms with Crippen LogP contribution in [0, 0.1) is 5.92 Å². The van der Waals surface area contributed by atoms with Crippen molar-refractivity contribution in [3.05, 3.63) is 65.7 Å². The van der Waals surface area contributed by atoms with Crippen LogP contribution in [0.2, 0.25) is 0 Å². The van der Waals surface area contributed by atoms with Gasteiger partial charge in [0.25, 0.3) is 0 Å². The normalized spacial score (nSPS) is 11.1. The van der Waals surface area contributed by atoms with Crippen LogP contribution >= 0.6 is 0 Å². The van der Waals surface area contributed by atoms with Crippen molar-refractivity contribution < 1.29 is 28.5 Å². The lowest BCUT2D eigenvalue weighted by Gasteiger charge is -2.12. The lowest BCUT2D eigenvalue weighted by atomic mass is 10.1. The fourth-order valence-corrected chi connectivity index (χ4v) is 2.51. The van der Waals surface area contributed by atoms with Crippen LogP contribution in [0.5, 0.6) is 17.2 Å². The highest BCUT2D eigenvalue weighted by Gasteiger charge is 2.07. The number of carbonyl (C=O) groups is 2. The molecule has 0 aromatic heterocycles. The molecule has 0 atom stereocenters. The minimum absolute atomic E-state index is 0.511. The van der Waals surface area contributed by atoms with Gasteiger partial charge in [0.15, 0.2) is 0 Å². The summed E-state index contributed by atoms with van der Waals surface area (Å²) in [5, 5.41) is 0. The summed E-state index contributed by atoms with van der Waals surface area (Å²) < 4.78 is 20.9. The molecule has 6 nitrogen and oxygen atoms in total. The van der Waals surface area contributed by atoms with E-state index >= 15 is 0 Å². The summed E-state index contributed by atoms with van der Waals surface area (Å²) in [6.45, 7) is 4.78. The summed E-state index contributed by atoms with van der Waals surface area (Å²) in [4.78, 5) is 23.9. The number of methoxy groups -OCH3 is 2. The Labute approximate surface area is 183 Å². The van der Waals surface area contributed by atoms with Crippen molar-refractivity contribution in [1.29, 1.82) is 0 Å². The van der Waals surface area contributed by atoms with Crippen LogP contribution in [0.15, 0.2) is 54.6 Å². The van der Waals surface area contributed by atoms with E-state index in [2.05, 4.69) is 13.8 Å². The zero-order valence-corrected chi connectivity index (χ0v) is 18.3. The van der Waals surface area contributed by atoms with Gasteiger partial charge in [-0.2, -0.15) is 0 Å². The second-order valence-electron chi connectivity index (χ2n) is 7.11. The second kappa shape index (κ2) is 12.2. The van der Waals surface area contributed by atoms with Crippen LogP contribution in [0.4, 0.5) is 0 Å². The van der Waals surface area contributed by atoms with E-state index in [0.29, 0.717) is 35.3 Å². The number of ether oxygens (including phenoxy) is 4. The average Bonchev–Trinajstić information content (AvgIpc) is 2.76. The molecule has 0 saturated heterocycles. The third-order valence-corrected chi connectivity index (χ3v) is 4.30. The Kier molecular flexibility index (Phi) is 9.36. The maximum absolute atomic E-state index is 12.0. The largest absolute Gasteiger partial charge is 0.497 e. The van der Waals surface area contributed by atoms with E-state index in [-0.39, 0.29) is 0 Å². The first kappa shape index (κ1) is 23.7. The molecule has 2 aromatic carbocycles. The lowest BCUT2D eigenvalue weighted by molar-refractivity contribution is -0.152. The number of esters is 2. The van der Waals surface area contributed by atoms with Gasteiger partial charge in [-0.1, -0.05) is 26.0 Å². The van der Waals surface area contributed by atoms with E-state index in [1.165, 1.54) is 12.2 Å². The molecule has 0 fully saturated rings. The molecule has 0 heterocycles. The van der Waals surface area contributed by atoms with Crippen molar-refractivity contribution in [3.8, 4) is 17.2 Å². The zero-order valence-electron chi connectivity index (χ0n) is 18.3. The van der Waals surface area contributed by atoms with Gasteiger partial charge in [0.2, 0.25) is 0 Å². The first-order chi connectivity index (χ1) is 14.9. The van der Waals surface area contributed by atoms with E-state index in [9.17, 15) is 9.59 Å². The van der Waals surface area contributed by atoms with Gasteiger partial charge in [-0.15, -0.1) is 0 Å². The maximum Gasteiger partial charge on any atom is 0.338 e. The van der Waals surface area contributed by atoms with Crippen molar-refractivity contribution >= 4 is 24.1 Å². The third kappa shape index (κ3) is 8.38. The molecule has 0 amide bonds. The highest BCUT2D eigenvalue weighted by atomic mass is 16.6. The fourth-order valence-electron chi connectivity index (χ4n) is 2.51. The predicted molar refractivity (Wildman–Crippen MR) is 120 cm³/mol. The molecule has 0 radical (unpaired) electrons. The van der Waals surface area contributed by atoms with E-state index in [0.717, 1.165) is 12.0 Å². The van der Waals surface area contributed by atoms with Crippen LogP contribution in [0.25, 0.3) is 12.2 Å². The number of hydrogen-bond acceptors (Lipinski definition) is 6. The molecule has 6 heteroatoms. The molecular weight excluding hydrogens is 396 g/mol. The van der Waals surface area contributed by atoms with Gasteiger partial charge < -0.3 is 18.9 Å². The van der Waals surface area contributed by atoms with Gasteiger partial charge in [-0.3, -0.25) is 0 Å². The Bertz CT molecular complexity index is 926. The minimum Gasteiger partial charge on any atom is -0.497 e. The Balaban J connectivity index is 1.97. The smallest absolute Gasteiger partial charge is 0.338 e. The van der Waals surface area contributed by atoms with Crippen LogP contribution in [0.3, 0.4) is 0 Å². The van der Waals surface area contributed by atoms with Crippen molar-refractivity contribution in [2.24, 2.45) is 5.92 Å². The number of rotatable bonds is 10. The zero-order chi connectivity index (χ0) is 22.6. The highest BCUT2D eigenvalue weighted by molar-refractivity contribution is 6.00. The second-order valence-corrected chi connectivity index (χ2v) is 7.11. The number of carbonyl (C=O) groups excluding carboxylic acids is 2. The van der Waals surface area contributed by atoms with Crippen molar-refractivity contribution in [2.75, 3.05) is 20.8 Å². The molecule has 0 N–H and O–H groups in total. The summed E-state index contributed by atoms with van der Waals surface area (Å²) in [6, 6.07) is 12.4. The standard InChI is InChI=1S/C25H28O6/c1-18(2)15-16-30-23-17-22(29-4)12-8-20(23)9-14-25(27)31-24(26)13-7-19-5-10-21(28-3)11-6-19/h5-14,17-18H,15-16H2,1-4H3/b13-7+,14-9+. The first-order valence-electron chi connectivity index (χ1n) is 9.98. The summed E-state index contributed by atoms with van der Waals surface area (Å²) in [7, 11) is 3.15. The predicted octanol–water partition coefficient (Wildman–Crippen LogP) is 4.93. The monoisotopic (exact) mass is 424 g/mol. The van der Waals surface area contributed by atoms with Gasteiger partial charge in [0.1, 0.15) is 17.2 Å².